The summed E-state index contributed by atoms with van der Waals surface area (Å²) in [5.41, 5.74) is 2.14. The number of rotatable bonds is 9. The molecule has 0 fully saturated rings. The molecule has 10 heteroatoms. The average Bonchev–Trinajstić information content (AvgIpc) is 3.19. The minimum Gasteiger partial charge on any atom is -0.308 e. The third-order valence-corrected chi connectivity index (χ3v) is 8.53. The Hall–Kier alpha value is -2.17. The highest BCUT2D eigenvalue weighted by Gasteiger charge is 2.26. The van der Waals surface area contributed by atoms with Crippen LogP contribution in [0.4, 0.5) is 0 Å². The van der Waals surface area contributed by atoms with Gasteiger partial charge in [-0.05, 0) is 53.9 Å². The fraction of sp³-hybridized carbons (Fsp3) is 0.167. The molecule has 0 saturated heterocycles. The van der Waals surface area contributed by atoms with Gasteiger partial charge in [0.25, 0.3) is 0 Å². The Kier molecular flexibility index (Phi) is 8.10. The molecular weight excluding hydrogens is 556 g/mol. The minimum atomic E-state index is -3.81. The van der Waals surface area contributed by atoms with Gasteiger partial charge >= 0.3 is 0 Å². The number of halogens is 2. The molecule has 0 amide bonds. The first-order chi connectivity index (χ1) is 16.3. The van der Waals surface area contributed by atoms with Crippen LogP contribution in [-0.2, 0) is 29.2 Å². The maximum Gasteiger partial charge on any atom is 0.241 e. The first-order valence-electron chi connectivity index (χ1n) is 10.4. The average molecular weight is 578 g/mol. The first kappa shape index (κ1) is 24.9. The van der Waals surface area contributed by atoms with Crippen molar-refractivity contribution in [3.05, 3.63) is 105 Å². The van der Waals surface area contributed by atoms with Crippen LogP contribution in [0.3, 0.4) is 0 Å². The zero-order valence-electron chi connectivity index (χ0n) is 18.2. The van der Waals surface area contributed by atoms with Gasteiger partial charge in [0.05, 0.1) is 10.9 Å². The molecule has 0 unspecified atom stereocenters. The molecule has 3 aromatic carbocycles. The van der Waals surface area contributed by atoms with Crippen LogP contribution in [0.15, 0.2) is 93.4 Å². The van der Waals surface area contributed by atoms with Crippen molar-refractivity contribution in [3.63, 3.8) is 0 Å². The SMILES string of the molecule is Cn1c(SCc2ccc(Br)cc2)nnc1[C@@H](Cc1ccccc1)NS(=O)(=O)c1ccc(Cl)cc1. The second-order valence-electron chi connectivity index (χ2n) is 7.63. The molecule has 0 saturated carbocycles. The number of sulfonamides is 1. The summed E-state index contributed by atoms with van der Waals surface area (Å²) in [6, 6.07) is 23.3. The molecular formula is C24H22BrClN4O2S2. The fourth-order valence-electron chi connectivity index (χ4n) is 3.39. The van der Waals surface area contributed by atoms with Crippen LogP contribution >= 0.6 is 39.3 Å². The van der Waals surface area contributed by atoms with Crippen LogP contribution in [0.1, 0.15) is 23.0 Å². The summed E-state index contributed by atoms with van der Waals surface area (Å²) >= 11 is 10.9. The van der Waals surface area contributed by atoms with Gasteiger partial charge in [-0.25, -0.2) is 13.1 Å². The van der Waals surface area contributed by atoms with E-state index in [2.05, 4.69) is 30.8 Å². The summed E-state index contributed by atoms with van der Waals surface area (Å²) in [6.45, 7) is 0. The third-order valence-electron chi connectivity index (χ3n) is 5.17. The minimum absolute atomic E-state index is 0.141. The fourth-order valence-corrected chi connectivity index (χ4v) is 5.85. The highest BCUT2D eigenvalue weighted by Crippen LogP contribution is 2.26. The topological polar surface area (TPSA) is 76.9 Å². The lowest BCUT2D eigenvalue weighted by Gasteiger charge is -2.19. The summed E-state index contributed by atoms with van der Waals surface area (Å²) in [6.07, 6.45) is 0.428. The largest absolute Gasteiger partial charge is 0.308 e. The van der Waals surface area contributed by atoms with Gasteiger partial charge in [-0.1, -0.05) is 81.8 Å². The maximum absolute atomic E-state index is 13.2. The molecule has 176 valence electrons. The van der Waals surface area contributed by atoms with E-state index in [1.54, 1.807) is 23.9 Å². The lowest BCUT2D eigenvalue weighted by atomic mass is 10.1. The molecule has 0 radical (unpaired) electrons. The predicted octanol–water partition coefficient (Wildman–Crippen LogP) is 5.79. The summed E-state index contributed by atoms with van der Waals surface area (Å²) in [4.78, 5) is 0.141. The normalized spacial score (nSPS) is 12.6. The molecule has 1 heterocycles. The van der Waals surface area contributed by atoms with Crippen molar-refractivity contribution >= 4 is 49.3 Å². The molecule has 1 aromatic heterocycles. The van der Waals surface area contributed by atoms with E-state index in [4.69, 9.17) is 11.6 Å². The van der Waals surface area contributed by atoms with Gasteiger partial charge in [0.2, 0.25) is 10.0 Å². The molecule has 0 spiro atoms. The van der Waals surface area contributed by atoms with Gasteiger partial charge in [-0.15, -0.1) is 10.2 Å². The lowest BCUT2D eigenvalue weighted by Crippen LogP contribution is -2.32. The number of aromatic nitrogens is 3. The molecule has 0 aliphatic heterocycles. The van der Waals surface area contributed by atoms with Crippen molar-refractivity contribution < 1.29 is 8.42 Å². The van der Waals surface area contributed by atoms with Gasteiger partial charge in [0.1, 0.15) is 0 Å². The van der Waals surface area contributed by atoms with Gasteiger partial charge in [0.15, 0.2) is 11.0 Å². The molecule has 1 atom stereocenters. The molecule has 4 rings (SSSR count). The van der Waals surface area contributed by atoms with Crippen molar-refractivity contribution in [2.45, 2.75) is 28.3 Å². The van der Waals surface area contributed by atoms with E-state index in [-0.39, 0.29) is 4.90 Å². The highest BCUT2D eigenvalue weighted by molar-refractivity contribution is 9.10. The molecule has 1 N–H and O–H groups in total. The van der Waals surface area contributed by atoms with Crippen LogP contribution in [0.5, 0.6) is 0 Å². The first-order valence-corrected chi connectivity index (χ1v) is 14.0. The number of hydrogen-bond acceptors (Lipinski definition) is 5. The van der Waals surface area contributed by atoms with E-state index < -0.39 is 16.1 Å². The van der Waals surface area contributed by atoms with E-state index in [9.17, 15) is 8.42 Å². The monoisotopic (exact) mass is 576 g/mol. The number of thioether (sulfide) groups is 1. The summed E-state index contributed by atoms with van der Waals surface area (Å²) in [7, 11) is -1.96. The van der Waals surface area contributed by atoms with Gasteiger partial charge in [-0.3, -0.25) is 0 Å². The quantitative estimate of drug-likeness (QED) is 0.255. The summed E-state index contributed by atoms with van der Waals surface area (Å²) in [5.74, 6) is 1.26. The number of nitrogens with one attached hydrogen (secondary N) is 1. The van der Waals surface area contributed by atoms with Crippen molar-refractivity contribution in [3.8, 4) is 0 Å². The highest BCUT2D eigenvalue weighted by atomic mass is 79.9. The van der Waals surface area contributed by atoms with E-state index in [0.717, 1.165) is 21.4 Å². The standard InChI is InChI=1S/C24H22BrClN4O2S2/c1-30-23(27-28-24(30)33-16-18-7-9-19(25)10-8-18)22(15-17-5-3-2-4-6-17)29-34(31,32)21-13-11-20(26)12-14-21/h2-14,22,29H,15-16H2,1H3/t22-/m1/s1. The molecule has 0 bridgehead atoms. The van der Waals surface area contributed by atoms with Crippen molar-refractivity contribution in [2.24, 2.45) is 7.05 Å². The Bertz CT molecular complexity index is 1350. The van der Waals surface area contributed by atoms with Crippen LogP contribution in [-0.4, -0.2) is 23.2 Å². The molecule has 0 aliphatic rings. The number of hydrogen-bond donors (Lipinski definition) is 1. The van der Waals surface area contributed by atoms with E-state index in [1.807, 2.05) is 66.2 Å². The zero-order valence-corrected chi connectivity index (χ0v) is 22.2. The lowest BCUT2D eigenvalue weighted by molar-refractivity contribution is 0.530. The Morgan fingerprint density at radius 1 is 0.971 bits per heavy atom. The van der Waals surface area contributed by atoms with Crippen LogP contribution in [0.25, 0.3) is 0 Å². The van der Waals surface area contributed by atoms with Crippen molar-refractivity contribution in [1.29, 1.82) is 0 Å². The number of benzene rings is 3. The van der Waals surface area contributed by atoms with Crippen LogP contribution in [0.2, 0.25) is 5.02 Å². The Morgan fingerprint density at radius 2 is 1.65 bits per heavy atom. The van der Waals surface area contributed by atoms with Crippen molar-refractivity contribution in [2.75, 3.05) is 0 Å². The molecule has 6 nitrogen and oxygen atoms in total. The predicted molar refractivity (Wildman–Crippen MR) is 139 cm³/mol. The second kappa shape index (κ2) is 11.0. The maximum atomic E-state index is 13.2. The zero-order chi connectivity index (χ0) is 24.1. The third kappa shape index (κ3) is 6.28. The second-order valence-corrected chi connectivity index (χ2v) is 11.6. The van der Waals surface area contributed by atoms with Gasteiger partial charge in [0, 0.05) is 22.3 Å². The Morgan fingerprint density at radius 3 is 2.32 bits per heavy atom. The molecule has 34 heavy (non-hydrogen) atoms. The van der Waals surface area contributed by atoms with E-state index in [1.165, 1.54) is 12.1 Å². The molecule has 4 aromatic rings. The van der Waals surface area contributed by atoms with Gasteiger partial charge in [-0.2, -0.15) is 0 Å². The molecule has 0 aliphatic carbocycles. The summed E-state index contributed by atoms with van der Waals surface area (Å²) < 4.78 is 32.0. The number of nitrogens with zero attached hydrogens (tertiary/aromatic N) is 3. The van der Waals surface area contributed by atoms with Gasteiger partial charge < -0.3 is 4.57 Å². The van der Waals surface area contributed by atoms with E-state index in [0.29, 0.717) is 22.4 Å². The smallest absolute Gasteiger partial charge is 0.241 e. The van der Waals surface area contributed by atoms with E-state index >= 15 is 0 Å². The van der Waals surface area contributed by atoms with Crippen LogP contribution in [0, 0.1) is 0 Å². The summed E-state index contributed by atoms with van der Waals surface area (Å²) in [5, 5.41) is 9.89. The van der Waals surface area contributed by atoms with Crippen molar-refractivity contribution in [1.82, 2.24) is 19.5 Å². The van der Waals surface area contributed by atoms with Crippen LogP contribution < -0.4 is 4.72 Å². The Labute approximate surface area is 216 Å². The Balaban J connectivity index is 1.59.